The number of nitrogens with one attached hydrogen (secondary N) is 2. The summed E-state index contributed by atoms with van der Waals surface area (Å²) in [5.41, 5.74) is 6.24. The van der Waals surface area contributed by atoms with Gasteiger partial charge in [-0.3, -0.25) is 9.79 Å². The van der Waals surface area contributed by atoms with Crippen LogP contribution in [0.1, 0.15) is 29.2 Å². The number of aliphatic imine (C=N–C) groups is 1. The van der Waals surface area contributed by atoms with Gasteiger partial charge < -0.3 is 21.1 Å². The lowest BCUT2D eigenvalue weighted by Crippen LogP contribution is -2.43. The molecule has 0 saturated heterocycles. The molecule has 4 N–H and O–H groups in total. The van der Waals surface area contributed by atoms with E-state index < -0.39 is 5.91 Å². The van der Waals surface area contributed by atoms with Crippen molar-refractivity contribution in [2.24, 2.45) is 10.7 Å². The summed E-state index contributed by atoms with van der Waals surface area (Å²) < 4.78 is 5.27. The fraction of sp³-hybridized carbons (Fsp3) is 0.429. The Kier molecular flexibility index (Phi) is 11.7. The molecule has 0 saturated carbocycles. The van der Waals surface area contributed by atoms with Crippen LogP contribution >= 0.6 is 35.3 Å². The molecule has 1 aromatic heterocycles. The van der Waals surface area contributed by atoms with Gasteiger partial charge in [-0.2, -0.15) is 0 Å². The van der Waals surface area contributed by atoms with E-state index in [0.717, 1.165) is 30.9 Å². The van der Waals surface area contributed by atoms with Crippen molar-refractivity contribution >= 4 is 47.2 Å². The summed E-state index contributed by atoms with van der Waals surface area (Å²) in [6.07, 6.45) is 1.81. The fourth-order valence-electron chi connectivity index (χ4n) is 2.70. The number of halogens is 1. The van der Waals surface area contributed by atoms with E-state index in [1.165, 1.54) is 9.75 Å². The topological polar surface area (TPSA) is 88.7 Å². The maximum atomic E-state index is 10.7. The van der Waals surface area contributed by atoms with E-state index in [0.29, 0.717) is 18.3 Å². The number of aryl methyl sites for hydroxylation is 1. The average Bonchev–Trinajstić information content (AvgIpc) is 3.05. The Labute approximate surface area is 194 Å². The summed E-state index contributed by atoms with van der Waals surface area (Å²) in [5, 5.41) is 6.79. The van der Waals surface area contributed by atoms with Gasteiger partial charge in [0.1, 0.15) is 5.75 Å². The first-order chi connectivity index (χ1) is 13.5. The van der Waals surface area contributed by atoms with E-state index in [9.17, 15) is 4.79 Å². The van der Waals surface area contributed by atoms with E-state index in [4.69, 9.17) is 10.5 Å². The number of rotatable bonds is 10. The molecule has 1 unspecified atom stereocenters. The number of carbonyl (C=O) groups is 1. The molecule has 8 heteroatoms. The maximum absolute atomic E-state index is 10.7. The van der Waals surface area contributed by atoms with Crippen molar-refractivity contribution in [2.75, 3.05) is 19.7 Å². The predicted molar refractivity (Wildman–Crippen MR) is 132 cm³/mol. The van der Waals surface area contributed by atoms with Crippen molar-refractivity contribution < 1.29 is 9.53 Å². The van der Waals surface area contributed by atoms with Gasteiger partial charge >= 0.3 is 0 Å². The standard InChI is InChI=1S/C21H30N4O2S.HI/c1-4-23-21(25-15(2)13-19-10-5-16(3)28-19)24-12-11-17-6-8-18(9-7-17)27-14-20(22)26;/h5-10,15H,4,11-14H2,1-3H3,(H2,22,26)(H2,23,24,25);1H. The first-order valence-electron chi connectivity index (χ1n) is 9.56. The van der Waals surface area contributed by atoms with Crippen LogP contribution < -0.4 is 21.1 Å². The zero-order valence-electron chi connectivity index (χ0n) is 17.2. The molecule has 0 bridgehead atoms. The maximum Gasteiger partial charge on any atom is 0.255 e. The van der Waals surface area contributed by atoms with Crippen LogP contribution in [0.15, 0.2) is 41.4 Å². The molecule has 2 aromatic rings. The number of hydrogen-bond donors (Lipinski definition) is 3. The minimum atomic E-state index is -0.481. The van der Waals surface area contributed by atoms with Gasteiger partial charge in [-0.15, -0.1) is 35.3 Å². The minimum absolute atomic E-state index is 0. The van der Waals surface area contributed by atoms with Crippen LogP contribution in [0.3, 0.4) is 0 Å². The minimum Gasteiger partial charge on any atom is -0.484 e. The van der Waals surface area contributed by atoms with Gasteiger partial charge in [0.2, 0.25) is 0 Å². The van der Waals surface area contributed by atoms with Gasteiger partial charge in [-0.05, 0) is 57.0 Å². The monoisotopic (exact) mass is 530 g/mol. The predicted octanol–water partition coefficient (Wildman–Crippen LogP) is 3.27. The summed E-state index contributed by atoms with van der Waals surface area (Å²) in [6, 6.07) is 12.3. The molecular weight excluding hydrogens is 499 g/mol. The van der Waals surface area contributed by atoms with E-state index >= 15 is 0 Å². The van der Waals surface area contributed by atoms with Crippen LogP contribution in [-0.2, 0) is 17.6 Å². The lowest BCUT2D eigenvalue weighted by molar-refractivity contribution is -0.119. The number of amides is 1. The van der Waals surface area contributed by atoms with Gasteiger partial charge in [0.15, 0.2) is 12.6 Å². The highest BCUT2D eigenvalue weighted by molar-refractivity contribution is 14.0. The zero-order chi connectivity index (χ0) is 20.4. The number of carbonyl (C=O) groups excluding carboxylic acids is 1. The van der Waals surface area contributed by atoms with Gasteiger partial charge in [0.05, 0.1) is 0 Å². The lowest BCUT2D eigenvalue weighted by atomic mass is 10.1. The van der Waals surface area contributed by atoms with Crippen molar-refractivity contribution in [1.29, 1.82) is 0 Å². The van der Waals surface area contributed by atoms with Gasteiger partial charge in [0, 0.05) is 35.3 Å². The third-order valence-electron chi connectivity index (χ3n) is 4.01. The summed E-state index contributed by atoms with van der Waals surface area (Å²) >= 11 is 1.84. The molecular formula is C21H31IN4O2S. The summed E-state index contributed by atoms with van der Waals surface area (Å²) in [7, 11) is 0. The Hall–Kier alpha value is -1.81. The summed E-state index contributed by atoms with van der Waals surface area (Å²) in [6.45, 7) is 7.77. The van der Waals surface area contributed by atoms with Crippen molar-refractivity contribution in [2.45, 2.75) is 39.7 Å². The largest absolute Gasteiger partial charge is 0.484 e. The number of primary amides is 1. The average molecular weight is 530 g/mol. The molecule has 0 fully saturated rings. The second kappa shape index (κ2) is 13.4. The van der Waals surface area contributed by atoms with E-state index in [2.05, 4.69) is 48.5 Å². The lowest BCUT2D eigenvalue weighted by Gasteiger charge is -2.17. The SMILES string of the molecule is CCNC(=NCCc1ccc(OCC(N)=O)cc1)NC(C)Cc1ccc(C)s1.I. The molecule has 1 aromatic carbocycles. The van der Waals surface area contributed by atoms with Crippen LogP contribution in [0, 0.1) is 6.92 Å². The molecule has 0 aliphatic carbocycles. The van der Waals surface area contributed by atoms with Crippen molar-refractivity contribution in [3.63, 3.8) is 0 Å². The summed E-state index contributed by atoms with van der Waals surface area (Å²) in [5.74, 6) is 0.994. The first kappa shape index (κ1) is 25.2. The number of hydrogen-bond acceptors (Lipinski definition) is 4. The van der Waals surface area contributed by atoms with Crippen LogP contribution in [0.2, 0.25) is 0 Å². The van der Waals surface area contributed by atoms with Gasteiger partial charge in [0.25, 0.3) is 5.91 Å². The number of nitrogens with zero attached hydrogens (tertiary/aromatic N) is 1. The van der Waals surface area contributed by atoms with Gasteiger partial charge in [-0.1, -0.05) is 12.1 Å². The molecule has 1 heterocycles. The Bertz CT molecular complexity index is 777. The zero-order valence-corrected chi connectivity index (χ0v) is 20.4. The number of ether oxygens (including phenoxy) is 1. The van der Waals surface area contributed by atoms with E-state index in [-0.39, 0.29) is 30.6 Å². The second-order valence-electron chi connectivity index (χ2n) is 6.67. The molecule has 160 valence electrons. The van der Waals surface area contributed by atoms with Crippen LogP contribution in [0.25, 0.3) is 0 Å². The third-order valence-corrected chi connectivity index (χ3v) is 5.03. The van der Waals surface area contributed by atoms with Crippen molar-refractivity contribution in [3.8, 4) is 5.75 Å². The van der Waals surface area contributed by atoms with Gasteiger partial charge in [-0.25, -0.2) is 0 Å². The number of benzene rings is 1. The molecule has 0 spiro atoms. The second-order valence-corrected chi connectivity index (χ2v) is 8.04. The number of guanidine groups is 1. The number of thiophene rings is 1. The third kappa shape index (κ3) is 9.98. The molecule has 6 nitrogen and oxygen atoms in total. The fourth-order valence-corrected chi connectivity index (χ4v) is 3.72. The molecule has 1 atom stereocenters. The van der Waals surface area contributed by atoms with E-state index in [1.807, 2.05) is 35.6 Å². The molecule has 0 aliphatic rings. The Morgan fingerprint density at radius 3 is 2.55 bits per heavy atom. The first-order valence-corrected chi connectivity index (χ1v) is 10.4. The highest BCUT2D eigenvalue weighted by Crippen LogP contribution is 2.16. The van der Waals surface area contributed by atoms with Crippen LogP contribution in [0.4, 0.5) is 0 Å². The molecule has 0 radical (unpaired) electrons. The Balaban J connectivity index is 0.00000420. The van der Waals surface area contributed by atoms with Crippen molar-refractivity contribution in [3.05, 3.63) is 51.7 Å². The smallest absolute Gasteiger partial charge is 0.255 e. The molecule has 0 aliphatic heterocycles. The Morgan fingerprint density at radius 1 is 1.24 bits per heavy atom. The highest BCUT2D eigenvalue weighted by atomic mass is 127. The molecule has 1 amide bonds. The van der Waals surface area contributed by atoms with Crippen LogP contribution in [0.5, 0.6) is 5.75 Å². The Morgan fingerprint density at radius 2 is 1.97 bits per heavy atom. The van der Waals surface area contributed by atoms with Crippen molar-refractivity contribution in [1.82, 2.24) is 10.6 Å². The normalized spacial score (nSPS) is 12.0. The number of nitrogens with two attached hydrogens (primary N) is 1. The van der Waals surface area contributed by atoms with E-state index in [1.54, 1.807) is 0 Å². The van der Waals surface area contributed by atoms with Crippen LogP contribution in [-0.4, -0.2) is 37.6 Å². The summed E-state index contributed by atoms with van der Waals surface area (Å²) in [4.78, 5) is 18.2. The molecule has 2 rings (SSSR count). The highest BCUT2D eigenvalue weighted by Gasteiger charge is 2.08. The quantitative estimate of drug-likeness (QED) is 0.250. The molecule has 29 heavy (non-hydrogen) atoms.